The summed E-state index contributed by atoms with van der Waals surface area (Å²) in [6, 6.07) is 15.4. The molecule has 7 heteroatoms. The topological polar surface area (TPSA) is 79.4 Å². The van der Waals surface area contributed by atoms with E-state index in [1.54, 1.807) is 60.9 Å². The minimum absolute atomic E-state index is 0.205. The maximum Gasteiger partial charge on any atom is 0.264 e. The van der Waals surface area contributed by atoms with Crippen LogP contribution in [0.4, 0.5) is 5.69 Å². The number of hydrogen-bond acceptors (Lipinski definition) is 4. The van der Waals surface area contributed by atoms with Crippen LogP contribution in [-0.4, -0.2) is 26.4 Å². The summed E-state index contributed by atoms with van der Waals surface area (Å²) in [7, 11) is -2.24. The molecule has 29 heavy (non-hydrogen) atoms. The molecule has 0 aliphatic rings. The van der Waals surface area contributed by atoms with E-state index in [1.165, 1.54) is 11.4 Å². The Morgan fingerprint density at radius 3 is 2.45 bits per heavy atom. The third-order valence-electron chi connectivity index (χ3n) is 4.67. The van der Waals surface area contributed by atoms with Crippen molar-refractivity contribution in [3.8, 4) is 0 Å². The number of aromatic nitrogens is 1. The predicted octanol–water partition coefficient (Wildman–Crippen LogP) is 3.45. The average molecular weight is 410 g/mol. The van der Waals surface area contributed by atoms with Crippen LogP contribution in [0.25, 0.3) is 0 Å². The number of anilines is 1. The second-order valence-corrected chi connectivity index (χ2v) is 8.80. The summed E-state index contributed by atoms with van der Waals surface area (Å²) in [5.41, 5.74) is 3.47. The number of aryl methyl sites for hydroxylation is 2. The lowest BCUT2D eigenvalue weighted by atomic mass is 10.1. The van der Waals surface area contributed by atoms with E-state index < -0.39 is 10.0 Å². The van der Waals surface area contributed by atoms with Gasteiger partial charge in [0.15, 0.2) is 0 Å². The van der Waals surface area contributed by atoms with E-state index in [9.17, 15) is 13.2 Å². The van der Waals surface area contributed by atoms with Crippen molar-refractivity contribution < 1.29 is 13.2 Å². The number of amides is 1. The fourth-order valence-electron chi connectivity index (χ4n) is 2.87. The van der Waals surface area contributed by atoms with Gasteiger partial charge in [-0.2, -0.15) is 0 Å². The first-order chi connectivity index (χ1) is 13.8. The summed E-state index contributed by atoms with van der Waals surface area (Å²) in [5, 5.41) is 2.83. The number of carbonyl (C=O) groups excluding carboxylic acids is 1. The Hall–Kier alpha value is -3.19. The fraction of sp³-hybridized carbons (Fsp3) is 0.182. The quantitative estimate of drug-likeness (QED) is 0.676. The number of sulfonamides is 1. The zero-order valence-electron chi connectivity index (χ0n) is 16.6. The molecular weight excluding hydrogens is 386 g/mol. The molecule has 0 unspecified atom stereocenters. The van der Waals surface area contributed by atoms with Crippen molar-refractivity contribution >= 4 is 21.6 Å². The number of rotatable bonds is 6. The van der Waals surface area contributed by atoms with E-state index in [2.05, 4.69) is 10.3 Å². The zero-order valence-corrected chi connectivity index (χ0v) is 17.4. The Morgan fingerprint density at radius 1 is 1.07 bits per heavy atom. The minimum Gasteiger partial charge on any atom is -0.348 e. The van der Waals surface area contributed by atoms with E-state index >= 15 is 0 Å². The number of benzene rings is 2. The SMILES string of the molecule is Cc1ccc(S(=O)(=O)N(C)c2cc(C(=O)NCc3cccnc3)ccc2C)cc1. The lowest BCUT2D eigenvalue weighted by molar-refractivity contribution is 0.0951. The number of pyridine rings is 1. The summed E-state index contributed by atoms with van der Waals surface area (Å²) in [4.78, 5) is 16.8. The second kappa shape index (κ2) is 8.45. The van der Waals surface area contributed by atoms with E-state index in [0.29, 0.717) is 17.8 Å². The van der Waals surface area contributed by atoms with Crippen LogP contribution in [0.1, 0.15) is 27.0 Å². The van der Waals surface area contributed by atoms with Crippen LogP contribution in [0.5, 0.6) is 0 Å². The van der Waals surface area contributed by atoms with Crippen molar-refractivity contribution in [1.82, 2.24) is 10.3 Å². The number of nitrogens with zero attached hydrogens (tertiary/aromatic N) is 2. The third-order valence-corrected chi connectivity index (χ3v) is 6.45. The third kappa shape index (κ3) is 4.63. The molecule has 0 atom stereocenters. The molecule has 0 fully saturated rings. The lowest BCUT2D eigenvalue weighted by Crippen LogP contribution is -2.28. The first kappa shape index (κ1) is 20.5. The van der Waals surface area contributed by atoms with Crippen LogP contribution in [0.2, 0.25) is 0 Å². The van der Waals surface area contributed by atoms with E-state index in [4.69, 9.17) is 0 Å². The Kier molecular flexibility index (Phi) is 5.98. The van der Waals surface area contributed by atoms with Crippen LogP contribution in [0, 0.1) is 13.8 Å². The molecule has 1 heterocycles. The summed E-state index contributed by atoms with van der Waals surface area (Å²) >= 11 is 0. The Balaban J connectivity index is 1.84. The van der Waals surface area contributed by atoms with Crippen LogP contribution in [-0.2, 0) is 16.6 Å². The van der Waals surface area contributed by atoms with Crippen molar-refractivity contribution in [2.75, 3.05) is 11.4 Å². The summed E-state index contributed by atoms with van der Waals surface area (Å²) < 4.78 is 27.2. The Labute approximate surface area is 171 Å². The van der Waals surface area contributed by atoms with Gasteiger partial charge in [0.05, 0.1) is 10.6 Å². The van der Waals surface area contributed by atoms with Crippen molar-refractivity contribution in [3.05, 3.63) is 89.2 Å². The molecular formula is C22H23N3O3S. The van der Waals surface area contributed by atoms with Crippen LogP contribution < -0.4 is 9.62 Å². The average Bonchev–Trinajstić information content (AvgIpc) is 2.73. The van der Waals surface area contributed by atoms with Crippen molar-refractivity contribution in [2.24, 2.45) is 0 Å². The molecule has 0 aliphatic carbocycles. The van der Waals surface area contributed by atoms with E-state index in [0.717, 1.165) is 16.7 Å². The normalized spacial score (nSPS) is 11.1. The molecule has 0 saturated carbocycles. The van der Waals surface area contributed by atoms with Gasteiger partial charge in [-0.15, -0.1) is 0 Å². The second-order valence-electron chi connectivity index (χ2n) is 6.83. The molecule has 0 spiro atoms. The molecule has 0 radical (unpaired) electrons. The number of carbonyl (C=O) groups is 1. The highest BCUT2D eigenvalue weighted by atomic mass is 32.2. The van der Waals surface area contributed by atoms with Crippen LogP contribution in [0.3, 0.4) is 0 Å². The maximum atomic E-state index is 13.0. The first-order valence-electron chi connectivity index (χ1n) is 9.12. The van der Waals surface area contributed by atoms with Gasteiger partial charge in [0.2, 0.25) is 0 Å². The van der Waals surface area contributed by atoms with Crippen LogP contribution in [0.15, 0.2) is 71.9 Å². The molecule has 0 saturated heterocycles. The highest BCUT2D eigenvalue weighted by Crippen LogP contribution is 2.26. The first-order valence-corrected chi connectivity index (χ1v) is 10.6. The molecule has 1 aromatic heterocycles. The smallest absolute Gasteiger partial charge is 0.264 e. The minimum atomic E-state index is -3.74. The van der Waals surface area contributed by atoms with Crippen LogP contribution >= 0.6 is 0 Å². The maximum absolute atomic E-state index is 13.0. The van der Waals surface area contributed by atoms with E-state index in [1.807, 2.05) is 19.9 Å². The number of hydrogen-bond donors (Lipinski definition) is 1. The van der Waals surface area contributed by atoms with Gasteiger partial charge in [-0.05, 0) is 55.3 Å². The Bertz CT molecular complexity index is 1110. The molecule has 6 nitrogen and oxygen atoms in total. The zero-order chi connectivity index (χ0) is 21.0. The summed E-state index contributed by atoms with van der Waals surface area (Å²) in [6.07, 6.45) is 3.35. The van der Waals surface area contributed by atoms with Gasteiger partial charge in [0.1, 0.15) is 0 Å². The molecule has 1 N–H and O–H groups in total. The molecule has 0 aliphatic heterocycles. The molecule has 0 bridgehead atoms. The summed E-state index contributed by atoms with van der Waals surface area (Å²) in [5.74, 6) is -0.281. The van der Waals surface area contributed by atoms with Gasteiger partial charge in [0.25, 0.3) is 15.9 Å². The Morgan fingerprint density at radius 2 is 1.79 bits per heavy atom. The molecule has 1 amide bonds. The standard InChI is InChI=1S/C22H23N3O3S/c1-16-6-10-20(11-7-16)29(27,28)25(3)21-13-19(9-8-17(21)2)22(26)24-15-18-5-4-12-23-14-18/h4-14H,15H2,1-3H3,(H,24,26). The van der Waals surface area contributed by atoms with Crippen molar-refractivity contribution in [1.29, 1.82) is 0 Å². The molecule has 2 aromatic carbocycles. The lowest BCUT2D eigenvalue weighted by Gasteiger charge is -2.22. The van der Waals surface area contributed by atoms with Gasteiger partial charge in [-0.25, -0.2) is 8.42 Å². The van der Waals surface area contributed by atoms with Gasteiger partial charge in [-0.1, -0.05) is 29.8 Å². The van der Waals surface area contributed by atoms with Gasteiger partial charge in [0, 0.05) is 31.5 Å². The fourth-order valence-corrected chi connectivity index (χ4v) is 4.13. The van der Waals surface area contributed by atoms with E-state index in [-0.39, 0.29) is 10.8 Å². The van der Waals surface area contributed by atoms with Gasteiger partial charge >= 0.3 is 0 Å². The molecule has 3 aromatic rings. The van der Waals surface area contributed by atoms with Crippen molar-refractivity contribution in [3.63, 3.8) is 0 Å². The molecule has 150 valence electrons. The number of nitrogens with one attached hydrogen (secondary N) is 1. The summed E-state index contributed by atoms with van der Waals surface area (Å²) in [6.45, 7) is 4.05. The largest absolute Gasteiger partial charge is 0.348 e. The predicted molar refractivity (Wildman–Crippen MR) is 113 cm³/mol. The van der Waals surface area contributed by atoms with Gasteiger partial charge < -0.3 is 5.32 Å². The van der Waals surface area contributed by atoms with Gasteiger partial charge in [-0.3, -0.25) is 14.1 Å². The van der Waals surface area contributed by atoms with Crippen molar-refractivity contribution in [2.45, 2.75) is 25.3 Å². The highest BCUT2D eigenvalue weighted by molar-refractivity contribution is 7.92. The highest BCUT2D eigenvalue weighted by Gasteiger charge is 2.23. The monoisotopic (exact) mass is 409 g/mol. The molecule has 3 rings (SSSR count).